The zero-order valence-electron chi connectivity index (χ0n) is 16.1. The van der Waals surface area contributed by atoms with Crippen LogP contribution in [0, 0.1) is 0 Å². The molecule has 4 rings (SSSR count). The van der Waals surface area contributed by atoms with Crippen LogP contribution < -0.4 is 14.8 Å². The number of nitrogens with zero attached hydrogens (tertiary/aromatic N) is 3. The quantitative estimate of drug-likeness (QED) is 0.548. The number of aromatic nitrogens is 3. The average molecular weight is 388 g/mol. The Labute approximate surface area is 168 Å². The van der Waals surface area contributed by atoms with Crippen molar-refractivity contribution in [1.29, 1.82) is 0 Å². The van der Waals surface area contributed by atoms with Crippen molar-refractivity contribution < 1.29 is 14.3 Å². The normalized spacial score (nSPS) is 10.7. The molecule has 1 N–H and O–H groups in total. The minimum atomic E-state index is -0.262. The number of carbonyl (C=O) groups is 1. The predicted molar refractivity (Wildman–Crippen MR) is 109 cm³/mol. The molecule has 0 radical (unpaired) electrons. The molecule has 0 saturated heterocycles. The first-order valence-corrected chi connectivity index (χ1v) is 9.08. The van der Waals surface area contributed by atoms with Gasteiger partial charge in [-0.05, 0) is 17.7 Å². The lowest BCUT2D eigenvalue weighted by atomic mass is 10.1. The fraction of sp³-hybridized carbons (Fsp3) is 0.136. The van der Waals surface area contributed by atoms with E-state index in [1.165, 1.54) is 0 Å². The smallest absolute Gasteiger partial charge is 0.271 e. The lowest BCUT2D eigenvalue weighted by Crippen LogP contribution is -2.23. The molecule has 0 fully saturated rings. The van der Waals surface area contributed by atoms with Crippen molar-refractivity contribution in [2.24, 2.45) is 0 Å². The fourth-order valence-corrected chi connectivity index (χ4v) is 3.09. The van der Waals surface area contributed by atoms with Crippen LogP contribution in [0.2, 0.25) is 0 Å². The molecule has 2 heterocycles. The predicted octanol–water partition coefficient (Wildman–Crippen LogP) is 3.34. The molecule has 146 valence electrons. The number of nitrogens with one attached hydrogen (secondary N) is 1. The molecular formula is C22H20N4O3. The lowest BCUT2D eigenvalue weighted by molar-refractivity contribution is 0.0946. The van der Waals surface area contributed by atoms with Crippen LogP contribution in [0.3, 0.4) is 0 Å². The minimum Gasteiger partial charge on any atom is -0.493 e. The van der Waals surface area contributed by atoms with Crippen molar-refractivity contribution in [2.75, 3.05) is 14.2 Å². The number of fused-ring (bicyclic) bond motifs is 1. The Kier molecular flexibility index (Phi) is 5.11. The first-order valence-electron chi connectivity index (χ1n) is 9.08. The number of rotatable bonds is 6. The molecule has 4 aromatic rings. The number of carbonyl (C=O) groups excluding carboxylic acids is 1. The van der Waals surface area contributed by atoms with Gasteiger partial charge in [0.1, 0.15) is 11.4 Å². The SMILES string of the molecule is COc1ccc(CNC(=O)c2cn3ccnc(-c4ccccc4)c3n2)cc1OC. The van der Waals surface area contributed by atoms with Crippen LogP contribution in [0.5, 0.6) is 11.5 Å². The highest BCUT2D eigenvalue weighted by Crippen LogP contribution is 2.27. The molecule has 0 saturated carbocycles. The van der Waals surface area contributed by atoms with Crippen molar-refractivity contribution in [3.63, 3.8) is 0 Å². The zero-order chi connectivity index (χ0) is 20.2. The van der Waals surface area contributed by atoms with Gasteiger partial charge in [0, 0.05) is 30.7 Å². The Morgan fingerprint density at radius 1 is 1.07 bits per heavy atom. The first kappa shape index (κ1) is 18.5. The number of imidazole rings is 1. The van der Waals surface area contributed by atoms with Crippen molar-refractivity contribution >= 4 is 11.6 Å². The van der Waals surface area contributed by atoms with E-state index in [4.69, 9.17) is 9.47 Å². The Morgan fingerprint density at radius 2 is 1.86 bits per heavy atom. The van der Waals surface area contributed by atoms with Gasteiger partial charge in [-0.2, -0.15) is 0 Å². The van der Waals surface area contributed by atoms with E-state index in [1.54, 1.807) is 37.2 Å². The Balaban J connectivity index is 1.55. The number of benzene rings is 2. The maximum atomic E-state index is 12.6. The third kappa shape index (κ3) is 3.75. The van der Waals surface area contributed by atoms with E-state index in [0.717, 1.165) is 16.8 Å². The summed E-state index contributed by atoms with van der Waals surface area (Å²) in [7, 11) is 3.16. The van der Waals surface area contributed by atoms with E-state index in [1.807, 2.05) is 48.5 Å². The minimum absolute atomic E-state index is 0.262. The number of methoxy groups -OCH3 is 2. The number of hydrogen-bond donors (Lipinski definition) is 1. The molecule has 2 aromatic carbocycles. The second-order valence-electron chi connectivity index (χ2n) is 6.37. The van der Waals surface area contributed by atoms with E-state index >= 15 is 0 Å². The highest BCUT2D eigenvalue weighted by atomic mass is 16.5. The molecule has 0 aliphatic rings. The Hall–Kier alpha value is -3.87. The van der Waals surface area contributed by atoms with Crippen LogP contribution in [0.15, 0.2) is 67.1 Å². The van der Waals surface area contributed by atoms with Gasteiger partial charge >= 0.3 is 0 Å². The van der Waals surface area contributed by atoms with Crippen LogP contribution in [-0.2, 0) is 6.54 Å². The van der Waals surface area contributed by atoms with E-state index in [0.29, 0.717) is 29.4 Å². The second kappa shape index (κ2) is 8.02. The van der Waals surface area contributed by atoms with E-state index in [-0.39, 0.29) is 5.91 Å². The molecule has 7 heteroatoms. The summed E-state index contributed by atoms with van der Waals surface area (Å²) in [6.45, 7) is 0.344. The second-order valence-corrected chi connectivity index (χ2v) is 6.37. The fourth-order valence-electron chi connectivity index (χ4n) is 3.09. The highest BCUT2D eigenvalue weighted by molar-refractivity contribution is 5.93. The third-order valence-electron chi connectivity index (χ3n) is 4.56. The van der Waals surface area contributed by atoms with Crippen molar-refractivity contribution in [3.8, 4) is 22.8 Å². The first-order chi connectivity index (χ1) is 14.2. The van der Waals surface area contributed by atoms with Crippen LogP contribution in [0.25, 0.3) is 16.9 Å². The molecule has 0 atom stereocenters. The monoisotopic (exact) mass is 388 g/mol. The van der Waals surface area contributed by atoms with Crippen LogP contribution in [0.4, 0.5) is 0 Å². The highest BCUT2D eigenvalue weighted by Gasteiger charge is 2.14. The summed E-state index contributed by atoms with van der Waals surface area (Å²) >= 11 is 0. The number of hydrogen-bond acceptors (Lipinski definition) is 5. The third-order valence-corrected chi connectivity index (χ3v) is 4.56. The van der Waals surface area contributed by atoms with Crippen LogP contribution in [0.1, 0.15) is 16.1 Å². The summed E-state index contributed by atoms with van der Waals surface area (Å²) in [5.41, 5.74) is 3.53. The van der Waals surface area contributed by atoms with Gasteiger partial charge in [-0.25, -0.2) is 4.98 Å². The van der Waals surface area contributed by atoms with E-state index in [9.17, 15) is 4.79 Å². The van der Waals surface area contributed by atoms with E-state index in [2.05, 4.69) is 15.3 Å². The molecule has 1 amide bonds. The molecule has 0 aliphatic carbocycles. The Morgan fingerprint density at radius 3 is 2.62 bits per heavy atom. The van der Waals surface area contributed by atoms with Crippen molar-refractivity contribution in [2.45, 2.75) is 6.54 Å². The van der Waals surface area contributed by atoms with Gasteiger partial charge in [-0.15, -0.1) is 0 Å². The summed E-state index contributed by atoms with van der Waals surface area (Å²) in [6.07, 6.45) is 5.18. The molecule has 0 spiro atoms. The van der Waals surface area contributed by atoms with Crippen LogP contribution in [-0.4, -0.2) is 34.5 Å². The van der Waals surface area contributed by atoms with Gasteiger partial charge in [-0.3, -0.25) is 9.78 Å². The summed E-state index contributed by atoms with van der Waals surface area (Å²) in [4.78, 5) is 21.6. The van der Waals surface area contributed by atoms with Gasteiger partial charge < -0.3 is 19.2 Å². The van der Waals surface area contributed by atoms with Gasteiger partial charge in [-0.1, -0.05) is 36.4 Å². The van der Waals surface area contributed by atoms with Crippen LogP contribution >= 0.6 is 0 Å². The molecule has 7 nitrogen and oxygen atoms in total. The maximum absolute atomic E-state index is 12.6. The van der Waals surface area contributed by atoms with Crippen molar-refractivity contribution in [3.05, 3.63) is 78.4 Å². The number of ether oxygens (including phenoxy) is 2. The van der Waals surface area contributed by atoms with E-state index < -0.39 is 0 Å². The van der Waals surface area contributed by atoms with Gasteiger partial charge in [0.25, 0.3) is 5.91 Å². The zero-order valence-corrected chi connectivity index (χ0v) is 16.1. The largest absolute Gasteiger partial charge is 0.493 e. The number of amides is 1. The maximum Gasteiger partial charge on any atom is 0.271 e. The molecule has 29 heavy (non-hydrogen) atoms. The summed E-state index contributed by atoms with van der Waals surface area (Å²) in [5.74, 6) is 0.997. The average Bonchev–Trinajstić information content (AvgIpc) is 3.22. The van der Waals surface area contributed by atoms with Crippen molar-refractivity contribution in [1.82, 2.24) is 19.7 Å². The molecular weight excluding hydrogens is 368 g/mol. The topological polar surface area (TPSA) is 77.8 Å². The standard InChI is InChI=1S/C22H20N4O3/c1-28-18-9-8-15(12-19(18)29-2)13-24-22(27)17-14-26-11-10-23-20(21(26)25-17)16-6-4-3-5-7-16/h3-12,14H,13H2,1-2H3,(H,24,27). The van der Waals surface area contributed by atoms with Gasteiger partial charge in [0.05, 0.1) is 14.2 Å². The molecule has 0 aliphatic heterocycles. The summed E-state index contributed by atoms with van der Waals surface area (Å²) in [6, 6.07) is 15.3. The summed E-state index contributed by atoms with van der Waals surface area (Å²) in [5, 5.41) is 2.89. The lowest BCUT2D eigenvalue weighted by Gasteiger charge is -2.10. The van der Waals surface area contributed by atoms with Gasteiger partial charge in [0.2, 0.25) is 0 Å². The summed E-state index contributed by atoms with van der Waals surface area (Å²) < 4.78 is 12.3. The Bertz CT molecular complexity index is 1160. The van der Waals surface area contributed by atoms with Gasteiger partial charge in [0.15, 0.2) is 17.1 Å². The molecule has 0 bridgehead atoms. The molecule has 2 aromatic heterocycles. The molecule has 0 unspecified atom stereocenters.